The largest absolute Gasteiger partial charge is 0.444 e. The van der Waals surface area contributed by atoms with E-state index in [0.29, 0.717) is 5.92 Å². The summed E-state index contributed by atoms with van der Waals surface area (Å²) in [5.41, 5.74) is 13.1. The Balaban J connectivity index is 1.56. The molecule has 3 atom stereocenters. The van der Waals surface area contributed by atoms with E-state index < -0.39 is 11.1 Å². The van der Waals surface area contributed by atoms with Crippen LogP contribution in [0.15, 0.2) is 60.8 Å². The van der Waals surface area contributed by atoms with Crippen molar-refractivity contribution in [2.75, 3.05) is 0 Å². The highest BCUT2D eigenvalue weighted by atomic mass is 35.5. The Hall–Kier alpha value is -3.31. The van der Waals surface area contributed by atoms with Gasteiger partial charge in [0.15, 0.2) is 0 Å². The van der Waals surface area contributed by atoms with Gasteiger partial charge < -0.3 is 15.8 Å². The van der Waals surface area contributed by atoms with Gasteiger partial charge in [-0.3, -0.25) is 0 Å². The van der Waals surface area contributed by atoms with Crippen LogP contribution in [0, 0.1) is 5.92 Å². The van der Waals surface area contributed by atoms with Crippen LogP contribution in [0.4, 0.5) is 4.79 Å². The lowest BCUT2D eigenvalue weighted by Gasteiger charge is -2.32. The van der Waals surface area contributed by atoms with Crippen molar-refractivity contribution < 1.29 is 9.53 Å². The summed E-state index contributed by atoms with van der Waals surface area (Å²) in [6, 6.07) is 19.5. The molecule has 0 bridgehead atoms. The number of hydrogen-bond donors (Lipinski definition) is 2. The summed E-state index contributed by atoms with van der Waals surface area (Å²) in [5, 5.41) is 2.99. The molecule has 5 rings (SSSR count). The summed E-state index contributed by atoms with van der Waals surface area (Å²) >= 11 is 6.64. The lowest BCUT2D eigenvalue weighted by Crippen LogP contribution is -2.46. The van der Waals surface area contributed by atoms with Gasteiger partial charge in [-0.15, -0.1) is 11.6 Å². The Labute approximate surface area is 249 Å². The minimum absolute atomic E-state index is 0.225. The zero-order valence-corrected chi connectivity index (χ0v) is 25.6. The molecule has 5 nitrogen and oxygen atoms in total. The summed E-state index contributed by atoms with van der Waals surface area (Å²) in [5.74, 6) is 1.35. The first-order valence-electron chi connectivity index (χ1n) is 14.8. The van der Waals surface area contributed by atoms with Crippen molar-refractivity contribution in [3.63, 3.8) is 0 Å². The Kier molecular flexibility index (Phi) is 8.20. The molecule has 0 saturated heterocycles. The number of pyridine rings is 1. The van der Waals surface area contributed by atoms with Gasteiger partial charge in [-0.25, -0.2) is 9.78 Å². The maximum absolute atomic E-state index is 12.8. The summed E-state index contributed by atoms with van der Waals surface area (Å²) in [4.78, 5) is 17.9. The van der Waals surface area contributed by atoms with Crippen LogP contribution in [0.3, 0.4) is 0 Å². The van der Waals surface area contributed by atoms with Crippen LogP contribution in [-0.4, -0.2) is 16.7 Å². The highest BCUT2D eigenvalue weighted by molar-refractivity contribution is 6.20. The molecule has 2 aliphatic rings. The quantitative estimate of drug-likeness (QED) is 0.277. The smallest absolute Gasteiger partial charge is 0.408 e. The van der Waals surface area contributed by atoms with Crippen LogP contribution in [0.5, 0.6) is 0 Å². The number of halogens is 1. The average molecular weight is 572 g/mol. The molecule has 216 valence electrons. The molecule has 0 radical (unpaired) electrons. The molecular formula is C35H42ClN3O2. The number of ether oxygens (including phenoxy) is 1. The van der Waals surface area contributed by atoms with Gasteiger partial charge in [-0.2, -0.15) is 0 Å². The summed E-state index contributed by atoms with van der Waals surface area (Å²) in [7, 11) is 0. The Morgan fingerprint density at radius 2 is 1.80 bits per heavy atom. The number of rotatable bonds is 7. The standard InChI is InChI=1S/C35H42ClN3O2/c1-22-19-28(22)25-9-8-10-26(20-25)30-21-29(23(2)36)31(15-18-37)38-32(30)24-11-13-27(14-12-24)35(16-6-7-17-35)39-33(40)41-34(3,4)5/h8-15,18,20-23,28H,6-7,16-17,19,37H2,1-5H3,(H,39,40)/b18-15-/t22-,23?,28+/m1/s1. The van der Waals surface area contributed by atoms with Gasteiger partial charge in [-0.1, -0.05) is 68.3 Å². The molecule has 1 aromatic heterocycles. The molecule has 41 heavy (non-hydrogen) atoms. The third kappa shape index (κ3) is 6.46. The van der Waals surface area contributed by atoms with Crippen molar-refractivity contribution in [1.82, 2.24) is 10.3 Å². The number of nitrogens with one attached hydrogen (secondary N) is 1. The van der Waals surface area contributed by atoms with Gasteiger partial charge in [0.05, 0.1) is 22.3 Å². The van der Waals surface area contributed by atoms with E-state index in [0.717, 1.165) is 70.8 Å². The fraction of sp³-hybridized carbons (Fsp3) is 0.429. The molecule has 0 spiro atoms. The number of amides is 1. The first kappa shape index (κ1) is 29.2. The second-order valence-electron chi connectivity index (χ2n) is 12.8. The molecule has 1 heterocycles. The van der Waals surface area contributed by atoms with Gasteiger partial charge in [0, 0.05) is 11.1 Å². The van der Waals surface area contributed by atoms with Crippen molar-refractivity contribution in [2.45, 2.75) is 89.2 Å². The van der Waals surface area contributed by atoms with E-state index in [4.69, 9.17) is 27.1 Å². The molecule has 2 aromatic carbocycles. The number of nitrogens with two attached hydrogens (primary N) is 1. The fourth-order valence-corrected chi connectivity index (χ4v) is 6.34. The first-order valence-corrected chi connectivity index (χ1v) is 15.2. The zero-order chi connectivity index (χ0) is 29.4. The average Bonchev–Trinajstić information content (AvgIpc) is 3.47. The Bertz CT molecular complexity index is 1430. The van der Waals surface area contributed by atoms with E-state index in [2.05, 4.69) is 66.8 Å². The molecule has 0 aliphatic heterocycles. The number of nitrogens with zero attached hydrogens (tertiary/aromatic N) is 1. The Morgan fingerprint density at radius 1 is 1.12 bits per heavy atom. The van der Waals surface area contributed by atoms with Crippen LogP contribution in [0.25, 0.3) is 28.5 Å². The van der Waals surface area contributed by atoms with Crippen molar-refractivity contribution in [1.29, 1.82) is 0 Å². The van der Waals surface area contributed by atoms with Crippen molar-refractivity contribution in [3.05, 3.63) is 83.2 Å². The van der Waals surface area contributed by atoms with Crippen LogP contribution in [-0.2, 0) is 10.3 Å². The number of hydrogen-bond acceptors (Lipinski definition) is 4. The maximum atomic E-state index is 12.8. The maximum Gasteiger partial charge on any atom is 0.408 e. The van der Waals surface area contributed by atoms with E-state index >= 15 is 0 Å². The van der Waals surface area contributed by atoms with Gasteiger partial charge in [-0.05, 0) is 99.4 Å². The van der Waals surface area contributed by atoms with E-state index in [9.17, 15) is 4.79 Å². The highest BCUT2D eigenvalue weighted by Gasteiger charge is 2.38. The number of benzene rings is 2. The molecule has 3 N–H and O–H groups in total. The molecule has 2 fully saturated rings. The Morgan fingerprint density at radius 3 is 2.39 bits per heavy atom. The van der Waals surface area contributed by atoms with Crippen LogP contribution in [0.2, 0.25) is 0 Å². The fourth-order valence-electron chi connectivity index (χ4n) is 6.16. The number of alkyl carbamates (subject to hydrolysis) is 1. The third-order valence-electron chi connectivity index (χ3n) is 8.41. The second-order valence-corrected chi connectivity index (χ2v) is 13.4. The summed E-state index contributed by atoms with van der Waals surface area (Å²) in [6.07, 6.45) is 8.08. The summed E-state index contributed by atoms with van der Waals surface area (Å²) in [6.45, 7) is 9.93. The van der Waals surface area contributed by atoms with Gasteiger partial charge in [0.1, 0.15) is 5.60 Å². The lowest BCUT2D eigenvalue weighted by atomic mass is 9.87. The van der Waals surface area contributed by atoms with Crippen LogP contribution >= 0.6 is 11.6 Å². The summed E-state index contributed by atoms with van der Waals surface area (Å²) < 4.78 is 5.62. The van der Waals surface area contributed by atoms with Crippen molar-refractivity contribution in [3.8, 4) is 22.4 Å². The number of alkyl halides is 1. The van der Waals surface area contributed by atoms with Gasteiger partial charge in [0.2, 0.25) is 0 Å². The van der Waals surface area contributed by atoms with E-state index in [-0.39, 0.29) is 11.5 Å². The third-order valence-corrected chi connectivity index (χ3v) is 8.64. The monoisotopic (exact) mass is 571 g/mol. The van der Waals surface area contributed by atoms with E-state index in [1.54, 1.807) is 0 Å². The minimum Gasteiger partial charge on any atom is -0.444 e. The second kappa shape index (κ2) is 11.5. The van der Waals surface area contributed by atoms with Gasteiger partial charge in [0.25, 0.3) is 0 Å². The van der Waals surface area contributed by atoms with E-state index in [1.807, 2.05) is 33.8 Å². The molecule has 6 heteroatoms. The minimum atomic E-state index is -0.549. The first-order chi connectivity index (χ1) is 19.5. The molecular weight excluding hydrogens is 530 g/mol. The molecule has 2 saturated carbocycles. The number of carbonyl (C=O) groups is 1. The topological polar surface area (TPSA) is 77.2 Å². The molecule has 1 amide bonds. The molecule has 3 aromatic rings. The van der Waals surface area contributed by atoms with Crippen LogP contribution < -0.4 is 11.1 Å². The van der Waals surface area contributed by atoms with Crippen molar-refractivity contribution in [2.24, 2.45) is 11.7 Å². The van der Waals surface area contributed by atoms with Crippen molar-refractivity contribution >= 4 is 23.8 Å². The van der Waals surface area contributed by atoms with Crippen LogP contribution in [0.1, 0.15) is 100 Å². The molecule has 1 unspecified atom stereocenters. The number of carbonyl (C=O) groups excluding carboxylic acids is 1. The van der Waals surface area contributed by atoms with Gasteiger partial charge >= 0.3 is 6.09 Å². The SMILES string of the molecule is CC(Cl)c1cc(-c2cccc([C@H]3C[C@H]3C)c2)c(-c2ccc(C3(NC(=O)OC(C)(C)C)CCCC3)cc2)nc1/C=C\N. The zero-order valence-electron chi connectivity index (χ0n) is 24.8. The van der Waals surface area contributed by atoms with E-state index in [1.165, 1.54) is 18.2 Å². The lowest BCUT2D eigenvalue weighted by molar-refractivity contribution is 0.0453. The normalized spacial score (nSPS) is 20.6. The highest BCUT2D eigenvalue weighted by Crippen LogP contribution is 2.48. The predicted octanol–water partition coefficient (Wildman–Crippen LogP) is 9.06. The number of aromatic nitrogens is 1. The molecule has 2 aliphatic carbocycles. The predicted molar refractivity (Wildman–Crippen MR) is 169 cm³/mol.